The van der Waals surface area contributed by atoms with Gasteiger partial charge >= 0.3 is 0 Å². The second-order valence-corrected chi connectivity index (χ2v) is 12.1. The van der Waals surface area contributed by atoms with Gasteiger partial charge in [0, 0.05) is 6.61 Å². The van der Waals surface area contributed by atoms with Crippen LogP contribution in [0.5, 0.6) is 0 Å². The standard InChI is InChI=1S/C26H46O4/c1-5-17-19-13-16(28)8-10-25(19,3)18-9-11-26(4)20(22(18)24(17)30)14-21(29)23(26)15(2)7-6-12-27/h15-24,27-30H,5-14H2,1-4H3/t15-,16-,17-,18+,19+,20+,21-,22-,23+,24-,25-,26+/m1/s1. The smallest absolute Gasteiger partial charge is 0.0605 e. The molecule has 4 fully saturated rings. The number of hydrogen-bond donors (Lipinski definition) is 4. The molecule has 0 unspecified atom stereocenters. The van der Waals surface area contributed by atoms with Gasteiger partial charge in [-0.2, -0.15) is 0 Å². The van der Waals surface area contributed by atoms with Crippen molar-refractivity contribution in [3.05, 3.63) is 0 Å². The van der Waals surface area contributed by atoms with E-state index in [-0.39, 0.29) is 53.5 Å². The van der Waals surface area contributed by atoms with Crippen LogP contribution < -0.4 is 0 Å². The van der Waals surface area contributed by atoms with Crippen LogP contribution in [0.25, 0.3) is 0 Å². The minimum Gasteiger partial charge on any atom is -0.396 e. The van der Waals surface area contributed by atoms with Gasteiger partial charge in [0.2, 0.25) is 0 Å². The van der Waals surface area contributed by atoms with E-state index in [1.165, 1.54) is 0 Å². The van der Waals surface area contributed by atoms with E-state index < -0.39 is 0 Å². The van der Waals surface area contributed by atoms with E-state index in [2.05, 4.69) is 27.7 Å². The first-order valence-electron chi connectivity index (χ1n) is 12.8. The number of fused-ring (bicyclic) bond motifs is 5. The Balaban J connectivity index is 1.67. The van der Waals surface area contributed by atoms with Crippen molar-refractivity contribution in [3.63, 3.8) is 0 Å². The van der Waals surface area contributed by atoms with Crippen LogP contribution in [0.1, 0.15) is 85.5 Å². The zero-order valence-corrected chi connectivity index (χ0v) is 19.6. The largest absolute Gasteiger partial charge is 0.396 e. The molecule has 4 aliphatic carbocycles. The molecule has 0 radical (unpaired) electrons. The molecule has 0 aromatic rings. The molecule has 0 spiro atoms. The Morgan fingerprint density at radius 2 is 1.63 bits per heavy atom. The van der Waals surface area contributed by atoms with Crippen molar-refractivity contribution >= 4 is 0 Å². The normalized spacial score (nSPS) is 54.2. The molecule has 4 heteroatoms. The highest BCUT2D eigenvalue weighted by atomic mass is 16.3. The van der Waals surface area contributed by atoms with Gasteiger partial charge in [0.25, 0.3) is 0 Å². The molecular formula is C26H46O4. The van der Waals surface area contributed by atoms with E-state index in [4.69, 9.17) is 0 Å². The average molecular weight is 423 g/mol. The topological polar surface area (TPSA) is 80.9 Å². The maximum Gasteiger partial charge on any atom is 0.0605 e. The maximum absolute atomic E-state index is 11.7. The zero-order chi connectivity index (χ0) is 21.8. The van der Waals surface area contributed by atoms with Crippen molar-refractivity contribution in [1.29, 1.82) is 0 Å². The third-order valence-electron chi connectivity index (χ3n) is 10.9. The third kappa shape index (κ3) is 3.31. The van der Waals surface area contributed by atoms with E-state index >= 15 is 0 Å². The highest BCUT2D eigenvalue weighted by molar-refractivity contribution is 5.15. The second kappa shape index (κ2) is 8.32. The second-order valence-electron chi connectivity index (χ2n) is 12.1. The summed E-state index contributed by atoms with van der Waals surface area (Å²) in [5.74, 6) is 2.49. The quantitative estimate of drug-likeness (QED) is 0.540. The lowest BCUT2D eigenvalue weighted by Gasteiger charge is -2.64. The van der Waals surface area contributed by atoms with Crippen LogP contribution in [0.4, 0.5) is 0 Å². The molecule has 0 aromatic carbocycles. The van der Waals surface area contributed by atoms with Crippen LogP contribution in [0.3, 0.4) is 0 Å². The first-order chi connectivity index (χ1) is 14.2. The van der Waals surface area contributed by atoms with Gasteiger partial charge in [-0.3, -0.25) is 0 Å². The molecule has 0 saturated heterocycles. The van der Waals surface area contributed by atoms with Crippen LogP contribution in [0.15, 0.2) is 0 Å². The highest BCUT2D eigenvalue weighted by Gasteiger charge is 2.66. The van der Waals surface area contributed by atoms with E-state index in [1.54, 1.807) is 0 Å². The van der Waals surface area contributed by atoms with Gasteiger partial charge in [0.15, 0.2) is 0 Å². The number of hydrogen-bond acceptors (Lipinski definition) is 4. The van der Waals surface area contributed by atoms with Crippen molar-refractivity contribution < 1.29 is 20.4 Å². The fourth-order valence-corrected chi connectivity index (χ4v) is 9.64. The van der Waals surface area contributed by atoms with Crippen LogP contribution in [-0.4, -0.2) is 45.3 Å². The first kappa shape index (κ1) is 23.0. The van der Waals surface area contributed by atoms with Gasteiger partial charge in [-0.25, -0.2) is 0 Å². The molecule has 0 amide bonds. The average Bonchev–Trinajstić information content (AvgIpc) is 2.98. The summed E-state index contributed by atoms with van der Waals surface area (Å²) in [6.07, 6.45) is 7.85. The molecule has 4 nitrogen and oxygen atoms in total. The lowest BCUT2D eigenvalue weighted by atomic mass is 9.41. The van der Waals surface area contributed by atoms with E-state index in [0.29, 0.717) is 23.7 Å². The minimum atomic E-state index is -0.313. The van der Waals surface area contributed by atoms with E-state index in [9.17, 15) is 20.4 Å². The molecule has 12 atom stereocenters. The summed E-state index contributed by atoms with van der Waals surface area (Å²) in [6, 6.07) is 0. The summed E-state index contributed by atoms with van der Waals surface area (Å²) < 4.78 is 0. The fraction of sp³-hybridized carbons (Fsp3) is 1.00. The summed E-state index contributed by atoms with van der Waals surface area (Å²) in [6.45, 7) is 9.55. The Bertz CT molecular complexity index is 610. The first-order valence-corrected chi connectivity index (χ1v) is 12.8. The molecule has 4 aliphatic rings. The Kier molecular flexibility index (Phi) is 6.38. The van der Waals surface area contributed by atoms with Gasteiger partial charge in [-0.15, -0.1) is 0 Å². The molecule has 0 heterocycles. The molecule has 4 rings (SSSR count). The van der Waals surface area contributed by atoms with Crippen LogP contribution in [0.2, 0.25) is 0 Å². The molecule has 174 valence electrons. The molecular weight excluding hydrogens is 376 g/mol. The van der Waals surface area contributed by atoms with Crippen LogP contribution in [0, 0.1) is 52.3 Å². The van der Waals surface area contributed by atoms with Gasteiger partial charge in [0.05, 0.1) is 18.3 Å². The van der Waals surface area contributed by atoms with Crippen LogP contribution >= 0.6 is 0 Å². The fourth-order valence-electron chi connectivity index (χ4n) is 9.64. The summed E-state index contributed by atoms with van der Waals surface area (Å²) in [5.41, 5.74) is 0.281. The Hall–Kier alpha value is -0.160. The number of rotatable bonds is 5. The van der Waals surface area contributed by atoms with Crippen molar-refractivity contribution in [2.75, 3.05) is 6.61 Å². The van der Waals surface area contributed by atoms with E-state index in [1.807, 2.05) is 0 Å². The summed E-state index contributed by atoms with van der Waals surface area (Å²) in [4.78, 5) is 0. The molecule has 4 saturated carbocycles. The van der Waals surface area contributed by atoms with Crippen molar-refractivity contribution in [2.45, 2.75) is 104 Å². The van der Waals surface area contributed by atoms with Gasteiger partial charge in [-0.05, 0) is 104 Å². The van der Waals surface area contributed by atoms with Crippen molar-refractivity contribution in [2.24, 2.45) is 52.3 Å². The lowest BCUT2D eigenvalue weighted by Crippen LogP contribution is -2.62. The third-order valence-corrected chi connectivity index (χ3v) is 10.9. The van der Waals surface area contributed by atoms with Gasteiger partial charge in [-0.1, -0.05) is 34.1 Å². The van der Waals surface area contributed by atoms with E-state index in [0.717, 1.165) is 57.8 Å². The molecule has 4 N–H and O–H groups in total. The molecule has 0 bridgehead atoms. The SMILES string of the molecule is CC[C@H]1[C@@H](O)[C@@H]2[C@H](CC[C@]3(C)[C@@H]([C@H](C)CCCO)[C@H](O)C[C@@H]23)[C@@]2(C)CC[C@@H](O)C[C@@H]12. The van der Waals surface area contributed by atoms with Gasteiger partial charge in [0.1, 0.15) is 0 Å². The summed E-state index contributed by atoms with van der Waals surface area (Å²) >= 11 is 0. The van der Waals surface area contributed by atoms with Crippen molar-refractivity contribution in [3.8, 4) is 0 Å². The molecule has 30 heavy (non-hydrogen) atoms. The molecule has 0 aromatic heterocycles. The van der Waals surface area contributed by atoms with Crippen LogP contribution in [-0.2, 0) is 0 Å². The number of aliphatic hydroxyl groups is 4. The maximum atomic E-state index is 11.7. The summed E-state index contributed by atoms with van der Waals surface area (Å²) in [5, 5.41) is 42.7. The van der Waals surface area contributed by atoms with Gasteiger partial charge < -0.3 is 20.4 Å². The summed E-state index contributed by atoms with van der Waals surface area (Å²) in [7, 11) is 0. The Labute approximate surface area is 183 Å². The minimum absolute atomic E-state index is 0.0755. The predicted molar refractivity (Wildman–Crippen MR) is 119 cm³/mol. The monoisotopic (exact) mass is 422 g/mol. The Morgan fingerprint density at radius 1 is 0.933 bits per heavy atom. The predicted octanol–water partition coefficient (Wildman–Crippen LogP) is 3.99. The zero-order valence-electron chi connectivity index (χ0n) is 19.6. The highest BCUT2D eigenvalue weighted by Crippen LogP contribution is 2.69. The lowest BCUT2D eigenvalue weighted by molar-refractivity contribution is -0.203. The van der Waals surface area contributed by atoms with Crippen molar-refractivity contribution in [1.82, 2.24) is 0 Å². The number of aliphatic hydroxyl groups excluding tert-OH is 4. The molecule has 0 aliphatic heterocycles. The Morgan fingerprint density at radius 3 is 2.30 bits per heavy atom.